The molecule has 0 radical (unpaired) electrons. The number of β-amino-alcohol motifs (C(OH)–C–C–N with tert-alkyl or cyclic N) is 1. The van der Waals surface area contributed by atoms with E-state index in [0.717, 1.165) is 74.6 Å². The molecule has 0 aliphatic carbocycles. The lowest BCUT2D eigenvalue weighted by Crippen LogP contribution is -2.24. The predicted octanol–water partition coefficient (Wildman–Crippen LogP) is 4.76. The molecule has 1 aliphatic heterocycles. The fraction of sp³-hybridized carbons (Fsp3) is 0.433. The highest BCUT2D eigenvalue weighted by atomic mass is 16.5. The second-order valence-corrected chi connectivity index (χ2v) is 9.54. The standard InChI is InChI=1S/C30H39N3O3/c1-23-27(9-3-11-29(23)35-18-6-15-32-21-25-8-5-14-31-20-25)28-10-4-12-30(24(28)2)36-19-7-16-33-17-13-26(34)22-33/h3-5,8-12,14,20,26,32,34H,6-7,13,15-19,21-22H2,1-2H3/t26-/m1/s1. The predicted molar refractivity (Wildman–Crippen MR) is 145 cm³/mol. The van der Waals surface area contributed by atoms with Gasteiger partial charge in [0.25, 0.3) is 0 Å². The number of likely N-dealkylation sites (tertiary alicyclic amines) is 1. The number of aliphatic hydroxyl groups excluding tert-OH is 1. The Bertz CT molecular complexity index is 1090. The first-order valence-corrected chi connectivity index (χ1v) is 13.1. The molecule has 36 heavy (non-hydrogen) atoms. The summed E-state index contributed by atoms with van der Waals surface area (Å²) in [4.78, 5) is 6.46. The Morgan fingerprint density at radius 3 is 2.25 bits per heavy atom. The Hall–Kier alpha value is -2.93. The molecule has 2 aromatic carbocycles. The molecule has 1 fully saturated rings. The summed E-state index contributed by atoms with van der Waals surface area (Å²) in [6.45, 7) is 10.0. The van der Waals surface area contributed by atoms with Gasteiger partial charge in [-0.3, -0.25) is 4.98 Å². The number of ether oxygens (including phenoxy) is 2. The van der Waals surface area contributed by atoms with Crippen LogP contribution in [-0.2, 0) is 6.54 Å². The Labute approximate surface area is 215 Å². The molecular weight excluding hydrogens is 450 g/mol. The van der Waals surface area contributed by atoms with Gasteiger partial charge < -0.3 is 24.8 Å². The van der Waals surface area contributed by atoms with Gasteiger partial charge in [0.2, 0.25) is 0 Å². The fourth-order valence-corrected chi connectivity index (χ4v) is 4.73. The van der Waals surface area contributed by atoms with Gasteiger partial charge in [-0.05, 0) is 85.7 Å². The highest BCUT2D eigenvalue weighted by molar-refractivity contribution is 5.74. The first kappa shape index (κ1) is 26.1. The lowest BCUT2D eigenvalue weighted by atomic mass is 9.95. The van der Waals surface area contributed by atoms with Crippen LogP contribution in [0, 0.1) is 13.8 Å². The van der Waals surface area contributed by atoms with E-state index in [2.05, 4.69) is 59.4 Å². The van der Waals surface area contributed by atoms with E-state index in [9.17, 15) is 5.11 Å². The summed E-state index contributed by atoms with van der Waals surface area (Å²) in [5, 5.41) is 13.1. The molecule has 4 rings (SSSR count). The second kappa shape index (κ2) is 13.4. The number of hydrogen-bond acceptors (Lipinski definition) is 6. The number of aliphatic hydroxyl groups is 1. The minimum absolute atomic E-state index is 0.165. The van der Waals surface area contributed by atoms with Crippen molar-refractivity contribution in [2.75, 3.05) is 39.4 Å². The van der Waals surface area contributed by atoms with Gasteiger partial charge in [-0.25, -0.2) is 0 Å². The lowest BCUT2D eigenvalue weighted by molar-refractivity contribution is 0.173. The van der Waals surface area contributed by atoms with E-state index in [1.165, 1.54) is 16.7 Å². The monoisotopic (exact) mass is 489 g/mol. The third-order valence-corrected chi connectivity index (χ3v) is 6.79. The van der Waals surface area contributed by atoms with Gasteiger partial charge in [-0.1, -0.05) is 30.3 Å². The van der Waals surface area contributed by atoms with Crippen molar-refractivity contribution >= 4 is 0 Å². The topological polar surface area (TPSA) is 66.8 Å². The van der Waals surface area contributed by atoms with Crippen LogP contribution in [0.2, 0.25) is 0 Å². The Balaban J connectivity index is 1.28. The van der Waals surface area contributed by atoms with Gasteiger partial charge in [0.1, 0.15) is 11.5 Å². The number of benzene rings is 2. The third kappa shape index (κ3) is 7.29. The fourth-order valence-electron chi connectivity index (χ4n) is 4.73. The van der Waals surface area contributed by atoms with Gasteiger partial charge in [0, 0.05) is 38.6 Å². The van der Waals surface area contributed by atoms with Crippen LogP contribution < -0.4 is 14.8 Å². The van der Waals surface area contributed by atoms with Crippen molar-refractivity contribution in [1.82, 2.24) is 15.2 Å². The molecule has 1 aliphatic rings. The zero-order valence-electron chi connectivity index (χ0n) is 21.6. The largest absolute Gasteiger partial charge is 0.493 e. The second-order valence-electron chi connectivity index (χ2n) is 9.54. The maximum Gasteiger partial charge on any atom is 0.122 e. The number of rotatable bonds is 13. The summed E-state index contributed by atoms with van der Waals surface area (Å²) < 4.78 is 12.3. The van der Waals surface area contributed by atoms with E-state index in [0.29, 0.717) is 13.2 Å². The molecule has 0 spiro atoms. The molecule has 6 nitrogen and oxygen atoms in total. The molecule has 0 saturated carbocycles. The van der Waals surface area contributed by atoms with Crippen molar-refractivity contribution in [2.24, 2.45) is 0 Å². The van der Waals surface area contributed by atoms with Crippen LogP contribution in [0.5, 0.6) is 11.5 Å². The first-order chi connectivity index (χ1) is 17.6. The van der Waals surface area contributed by atoms with Crippen LogP contribution in [0.25, 0.3) is 11.1 Å². The van der Waals surface area contributed by atoms with Crippen LogP contribution in [0.1, 0.15) is 36.0 Å². The van der Waals surface area contributed by atoms with Crippen LogP contribution in [-0.4, -0.2) is 60.5 Å². The van der Waals surface area contributed by atoms with Crippen LogP contribution in [0.4, 0.5) is 0 Å². The summed E-state index contributed by atoms with van der Waals surface area (Å²) in [5.74, 6) is 1.86. The summed E-state index contributed by atoms with van der Waals surface area (Å²) in [6.07, 6.45) is 6.29. The first-order valence-electron chi connectivity index (χ1n) is 13.1. The molecule has 1 aromatic heterocycles. The third-order valence-electron chi connectivity index (χ3n) is 6.79. The van der Waals surface area contributed by atoms with Crippen molar-refractivity contribution in [1.29, 1.82) is 0 Å². The number of aromatic nitrogens is 1. The smallest absolute Gasteiger partial charge is 0.122 e. The van der Waals surface area contributed by atoms with E-state index in [1.807, 2.05) is 24.4 Å². The quantitative estimate of drug-likeness (QED) is 0.338. The van der Waals surface area contributed by atoms with Crippen LogP contribution in [0.3, 0.4) is 0 Å². The summed E-state index contributed by atoms with van der Waals surface area (Å²) in [6, 6.07) is 16.6. The van der Waals surface area contributed by atoms with E-state index in [4.69, 9.17) is 9.47 Å². The molecule has 2 N–H and O–H groups in total. The van der Waals surface area contributed by atoms with Crippen molar-refractivity contribution in [3.05, 3.63) is 77.6 Å². The van der Waals surface area contributed by atoms with Gasteiger partial charge in [-0.2, -0.15) is 0 Å². The van der Waals surface area contributed by atoms with Crippen molar-refractivity contribution < 1.29 is 14.6 Å². The lowest BCUT2D eigenvalue weighted by Gasteiger charge is -2.18. The van der Waals surface area contributed by atoms with Gasteiger partial charge in [-0.15, -0.1) is 0 Å². The Morgan fingerprint density at radius 1 is 0.944 bits per heavy atom. The van der Waals surface area contributed by atoms with Gasteiger partial charge in [0.15, 0.2) is 0 Å². The summed E-state index contributed by atoms with van der Waals surface area (Å²) >= 11 is 0. The zero-order chi connectivity index (χ0) is 25.2. The molecule has 6 heteroatoms. The van der Waals surface area contributed by atoms with Gasteiger partial charge in [0.05, 0.1) is 19.3 Å². The minimum Gasteiger partial charge on any atom is -0.493 e. The number of nitrogens with one attached hydrogen (secondary N) is 1. The average molecular weight is 490 g/mol. The average Bonchev–Trinajstić information content (AvgIpc) is 3.31. The van der Waals surface area contributed by atoms with Crippen molar-refractivity contribution in [3.8, 4) is 22.6 Å². The zero-order valence-corrected chi connectivity index (χ0v) is 21.6. The van der Waals surface area contributed by atoms with E-state index in [1.54, 1.807) is 6.20 Å². The molecule has 0 unspecified atom stereocenters. The van der Waals surface area contributed by atoms with Crippen LogP contribution in [0.15, 0.2) is 60.9 Å². The Morgan fingerprint density at radius 2 is 1.64 bits per heavy atom. The SMILES string of the molecule is Cc1c(OCCCNCc2cccnc2)cccc1-c1cccc(OCCCN2CC[C@@H](O)C2)c1C. The maximum atomic E-state index is 9.69. The minimum atomic E-state index is -0.165. The maximum absolute atomic E-state index is 9.69. The normalized spacial score (nSPS) is 15.8. The number of hydrogen-bond donors (Lipinski definition) is 2. The molecule has 0 bridgehead atoms. The van der Waals surface area contributed by atoms with Crippen molar-refractivity contribution in [3.63, 3.8) is 0 Å². The molecule has 1 atom stereocenters. The highest BCUT2D eigenvalue weighted by Gasteiger charge is 2.19. The molecule has 1 saturated heterocycles. The number of nitrogens with zero attached hydrogens (tertiary/aromatic N) is 2. The molecule has 3 aromatic rings. The molecule has 2 heterocycles. The molecule has 0 amide bonds. The van der Waals surface area contributed by atoms with Gasteiger partial charge >= 0.3 is 0 Å². The van der Waals surface area contributed by atoms with Crippen molar-refractivity contribution in [2.45, 2.75) is 45.8 Å². The van der Waals surface area contributed by atoms with E-state index in [-0.39, 0.29) is 6.10 Å². The summed E-state index contributed by atoms with van der Waals surface area (Å²) in [7, 11) is 0. The van der Waals surface area contributed by atoms with E-state index < -0.39 is 0 Å². The highest BCUT2D eigenvalue weighted by Crippen LogP contribution is 2.35. The number of pyridine rings is 1. The summed E-state index contributed by atoms with van der Waals surface area (Å²) in [5.41, 5.74) is 5.84. The van der Waals surface area contributed by atoms with Crippen LogP contribution >= 0.6 is 0 Å². The Kier molecular flexibility index (Phi) is 9.73. The molecule has 192 valence electrons. The molecular formula is C30H39N3O3. The van der Waals surface area contributed by atoms with E-state index >= 15 is 0 Å².